The number of hydrogen-bond acceptors (Lipinski definition) is 4. The second-order valence-corrected chi connectivity index (χ2v) is 8.08. The molecule has 162 valence electrons. The summed E-state index contributed by atoms with van der Waals surface area (Å²) in [5.41, 5.74) is 2.36. The summed E-state index contributed by atoms with van der Waals surface area (Å²) in [6, 6.07) is 17.2. The molecule has 0 radical (unpaired) electrons. The molecule has 4 rings (SSSR count). The molecule has 0 fully saturated rings. The quantitative estimate of drug-likeness (QED) is 0.265. The molecule has 0 saturated carbocycles. The molecule has 0 aliphatic rings. The van der Waals surface area contributed by atoms with E-state index in [-0.39, 0.29) is 18.1 Å². The Morgan fingerprint density at radius 1 is 1.03 bits per heavy atom. The van der Waals surface area contributed by atoms with Crippen LogP contribution in [-0.2, 0) is 24.4 Å². The van der Waals surface area contributed by atoms with Crippen LogP contribution in [0.1, 0.15) is 11.3 Å². The second-order valence-electron chi connectivity index (χ2n) is 7.26. The van der Waals surface area contributed by atoms with Crippen LogP contribution in [0.4, 0.5) is 5.69 Å². The maximum absolute atomic E-state index is 13.3. The normalized spacial score (nSPS) is 10.9. The summed E-state index contributed by atoms with van der Waals surface area (Å²) >= 11 is 12.2. The Hall–Kier alpha value is -3.42. The molecule has 0 unspecified atom stereocenters. The largest absolute Gasteiger partial charge is 0.338 e. The summed E-state index contributed by atoms with van der Waals surface area (Å²) in [4.78, 5) is 29.9. The van der Waals surface area contributed by atoms with Gasteiger partial charge in [0.05, 0.1) is 27.2 Å². The van der Waals surface area contributed by atoms with Crippen LogP contribution in [0.5, 0.6) is 0 Å². The molecule has 9 heteroatoms. The Morgan fingerprint density at radius 3 is 2.59 bits per heavy atom. The first-order valence-electron chi connectivity index (χ1n) is 9.75. The fraction of sp³-hybridized carbons (Fsp3) is 0.130. The third-order valence-corrected chi connectivity index (χ3v) is 5.80. The van der Waals surface area contributed by atoms with E-state index in [0.29, 0.717) is 28.5 Å². The van der Waals surface area contributed by atoms with Crippen molar-refractivity contribution >= 4 is 45.7 Å². The predicted molar refractivity (Wildman–Crippen MR) is 124 cm³/mol. The zero-order valence-electron chi connectivity index (χ0n) is 16.8. The minimum atomic E-state index is -0.437. The number of nitrogens with zero attached hydrogens (tertiary/aromatic N) is 4. The number of fused-ring (bicyclic) bond motifs is 1. The van der Waals surface area contributed by atoms with Gasteiger partial charge in [0.15, 0.2) is 0 Å². The number of nitro groups is 1. The topological polar surface area (TPSA) is 81.3 Å². The van der Waals surface area contributed by atoms with Crippen molar-refractivity contribution in [3.05, 3.63) is 104 Å². The van der Waals surface area contributed by atoms with Crippen molar-refractivity contribution in [3.8, 4) is 0 Å². The van der Waals surface area contributed by atoms with Crippen molar-refractivity contribution in [2.24, 2.45) is 0 Å². The van der Waals surface area contributed by atoms with Gasteiger partial charge >= 0.3 is 0 Å². The molecule has 0 atom stereocenters. The maximum Gasteiger partial charge on any atom is 0.270 e. The minimum Gasteiger partial charge on any atom is -0.338 e. The van der Waals surface area contributed by atoms with Crippen molar-refractivity contribution < 1.29 is 9.72 Å². The predicted octanol–water partition coefficient (Wildman–Crippen LogP) is 5.48. The zero-order valence-corrected chi connectivity index (χ0v) is 18.3. The smallest absolute Gasteiger partial charge is 0.270 e. The van der Waals surface area contributed by atoms with Gasteiger partial charge in [-0.2, -0.15) is 0 Å². The highest BCUT2D eigenvalue weighted by Crippen LogP contribution is 2.25. The van der Waals surface area contributed by atoms with E-state index in [1.807, 2.05) is 24.3 Å². The SMILES string of the molecule is O=C(Cn1ccc2cc([N+](=O)[O-])ccc21)N(Cc1ccc(Cl)c(Cl)c1)Cc1ccccn1. The third-order valence-electron chi connectivity index (χ3n) is 5.06. The summed E-state index contributed by atoms with van der Waals surface area (Å²) in [5, 5.41) is 12.6. The fourth-order valence-corrected chi connectivity index (χ4v) is 3.78. The second kappa shape index (κ2) is 9.38. The number of carbonyl (C=O) groups is 1. The van der Waals surface area contributed by atoms with Gasteiger partial charge in [-0.3, -0.25) is 19.9 Å². The van der Waals surface area contributed by atoms with Crippen molar-refractivity contribution in [2.75, 3.05) is 0 Å². The number of rotatable bonds is 7. The lowest BCUT2D eigenvalue weighted by Crippen LogP contribution is -2.33. The summed E-state index contributed by atoms with van der Waals surface area (Å²) in [6.07, 6.45) is 3.44. The average Bonchev–Trinajstić information content (AvgIpc) is 3.18. The van der Waals surface area contributed by atoms with Crippen LogP contribution in [-0.4, -0.2) is 25.3 Å². The van der Waals surface area contributed by atoms with Gasteiger partial charge in [0.2, 0.25) is 5.91 Å². The van der Waals surface area contributed by atoms with E-state index in [2.05, 4.69) is 4.98 Å². The van der Waals surface area contributed by atoms with Crippen LogP contribution in [0.2, 0.25) is 10.0 Å². The summed E-state index contributed by atoms with van der Waals surface area (Å²) < 4.78 is 1.78. The van der Waals surface area contributed by atoms with E-state index < -0.39 is 4.92 Å². The van der Waals surface area contributed by atoms with E-state index in [0.717, 1.165) is 16.8 Å². The van der Waals surface area contributed by atoms with Crippen LogP contribution in [0.15, 0.2) is 73.1 Å². The molecule has 0 bridgehead atoms. The monoisotopic (exact) mass is 468 g/mol. The molecule has 0 aliphatic carbocycles. The molecular formula is C23H18Cl2N4O3. The van der Waals surface area contributed by atoms with E-state index in [1.54, 1.807) is 46.1 Å². The zero-order chi connectivity index (χ0) is 22.7. The highest BCUT2D eigenvalue weighted by molar-refractivity contribution is 6.42. The lowest BCUT2D eigenvalue weighted by atomic mass is 10.2. The van der Waals surface area contributed by atoms with Crippen LogP contribution < -0.4 is 0 Å². The van der Waals surface area contributed by atoms with E-state index in [1.165, 1.54) is 12.1 Å². The summed E-state index contributed by atoms with van der Waals surface area (Å²) in [5.74, 6) is -0.127. The third kappa shape index (κ3) is 4.90. The van der Waals surface area contributed by atoms with Gasteiger partial charge in [-0.25, -0.2) is 0 Å². The number of amides is 1. The maximum atomic E-state index is 13.3. The number of pyridine rings is 1. The van der Waals surface area contributed by atoms with Crippen LogP contribution in [0.25, 0.3) is 10.9 Å². The molecule has 2 aromatic carbocycles. The number of aromatic nitrogens is 2. The lowest BCUT2D eigenvalue weighted by Gasteiger charge is -2.23. The molecule has 2 heterocycles. The Bertz CT molecular complexity index is 1290. The molecule has 2 aromatic heterocycles. The molecule has 0 N–H and O–H groups in total. The number of carbonyl (C=O) groups excluding carboxylic acids is 1. The average molecular weight is 469 g/mol. The minimum absolute atomic E-state index is 0.0120. The Labute approximate surface area is 194 Å². The summed E-state index contributed by atoms with van der Waals surface area (Å²) in [7, 11) is 0. The standard InChI is InChI=1S/C23H18Cl2N4O3/c24-20-6-4-16(11-21(20)25)13-28(14-18-3-1-2-9-26-18)23(30)15-27-10-8-17-12-19(29(31)32)5-7-22(17)27/h1-12H,13-15H2. The molecule has 0 spiro atoms. The van der Waals surface area contributed by atoms with Gasteiger partial charge < -0.3 is 9.47 Å². The number of benzene rings is 2. The van der Waals surface area contributed by atoms with Crippen LogP contribution in [0, 0.1) is 10.1 Å². The van der Waals surface area contributed by atoms with Crippen molar-refractivity contribution in [2.45, 2.75) is 19.6 Å². The Kier molecular flexibility index (Phi) is 6.39. The molecule has 0 saturated heterocycles. The van der Waals surface area contributed by atoms with E-state index in [9.17, 15) is 14.9 Å². The van der Waals surface area contributed by atoms with Crippen molar-refractivity contribution in [3.63, 3.8) is 0 Å². The Morgan fingerprint density at radius 2 is 1.88 bits per heavy atom. The lowest BCUT2D eigenvalue weighted by molar-refractivity contribution is -0.384. The van der Waals surface area contributed by atoms with Gasteiger partial charge in [0.1, 0.15) is 6.54 Å². The molecular weight excluding hydrogens is 451 g/mol. The summed E-state index contributed by atoms with van der Waals surface area (Å²) in [6.45, 7) is 0.733. The fourth-order valence-electron chi connectivity index (χ4n) is 3.46. The Balaban J connectivity index is 1.60. The van der Waals surface area contributed by atoms with Crippen LogP contribution >= 0.6 is 23.2 Å². The molecule has 1 amide bonds. The molecule has 7 nitrogen and oxygen atoms in total. The van der Waals surface area contributed by atoms with Crippen LogP contribution in [0.3, 0.4) is 0 Å². The first-order valence-corrected chi connectivity index (χ1v) is 10.5. The number of non-ortho nitro benzene ring substituents is 1. The number of halogens is 2. The van der Waals surface area contributed by atoms with Gasteiger partial charge in [-0.15, -0.1) is 0 Å². The first kappa shape index (κ1) is 21.8. The van der Waals surface area contributed by atoms with Crippen molar-refractivity contribution in [1.29, 1.82) is 0 Å². The van der Waals surface area contributed by atoms with E-state index >= 15 is 0 Å². The molecule has 0 aliphatic heterocycles. The number of hydrogen-bond donors (Lipinski definition) is 0. The van der Waals surface area contributed by atoms with Gasteiger partial charge in [-0.05, 0) is 42.0 Å². The molecule has 4 aromatic rings. The number of nitro benzene ring substituents is 1. The van der Waals surface area contributed by atoms with Gasteiger partial charge in [0, 0.05) is 42.0 Å². The van der Waals surface area contributed by atoms with Crippen molar-refractivity contribution in [1.82, 2.24) is 14.5 Å². The highest BCUT2D eigenvalue weighted by atomic mass is 35.5. The van der Waals surface area contributed by atoms with Gasteiger partial charge in [0.25, 0.3) is 5.69 Å². The highest BCUT2D eigenvalue weighted by Gasteiger charge is 2.18. The van der Waals surface area contributed by atoms with E-state index in [4.69, 9.17) is 23.2 Å². The van der Waals surface area contributed by atoms with Gasteiger partial charge in [-0.1, -0.05) is 35.3 Å². The molecule has 32 heavy (non-hydrogen) atoms. The first-order chi connectivity index (χ1) is 15.4.